The van der Waals surface area contributed by atoms with Crippen LogP contribution < -0.4 is 11.2 Å². The molecule has 0 radical (unpaired) electrons. The second kappa shape index (κ2) is 3.43. The Kier molecular flexibility index (Phi) is 2.18. The maximum atomic E-state index is 12.0. The lowest BCUT2D eigenvalue weighted by atomic mass is 9.59. The van der Waals surface area contributed by atoms with Crippen LogP contribution in [0, 0.1) is 11.3 Å². The number of nitrogens with zero attached hydrogens (tertiary/aromatic N) is 2. The molecule has 5 nitrogen and oxygen atoms in total. The highest BCUT2D eigenvalue weighted by atomic mass is 16.2. The minimum absolute atomic E-state index is 0.182. The lowest BCUT2D eigenvalue weighted by molar-refractivity contribution is 0.116. The van der Waals surface area contributed by atoms with Crippen molar-refractivity contribution in [2.45, 2.75) is 33.1 Å². The molecule has 1 N–H and O–H groups in total. The molecule has 0 atom stereocenters. The minimum atomic E-state index is -0.394. The Balaban J connectivity index is 2.31. The molecule has 1 saturated carbocycles. The van der Waals surface area contributed by atoms with Crippen molar-refractivity contribution in [2.24, 2.45) is 23.4 Å². The van der Waals surface area contributed by atoms with Crippen molar-refractivity contribution >= 4 is 11.5 Å². The van der Waals surface area contributed by atoms with Gasteiger partial charge in [0.15, 0.2) is 0 Å². The number of hydrogen-bond acceptors (Lipinski definition) is 3. The maximum absolute atomic E-state index is 12.0. The lowest BCUT2D eigenvalue weighted by Gasteiger charge is -2.46. The number of hydrogen-bond donors (Lipinski definition) is 1. The molecule has 1 aliphatic carbocycles. The smallest absolute Gasteiger partial charge is 0.281 e. The minimum Gasteiger partial charge on any atom is -0.281 e. The third kappa shape index (κ3) is 1.50. The van der Waals surface area contributed by atoms with Gasteiger partial charge in [0.25, 0.3) is 5.56 Å². The molecule has 0 unspecified atom stereocenters. The Morgan fingerprint density at radius 3 is 2.72 bits per heavy atom. The normalized spacial score (nSPS) is 32.6. The van der Waals surface area contributed by atoms with Crippen molar-refractivity contribution in [1.82, 2.24) is 9.55 Å². The zero-order valence-electron chi connectivity index (χ0n) is 10.9. The Bertz CT molecular complexity index is 660. The Morgan fingerprint density at radius 1 is 1.39 bits per heavy atom. The highest BCUT2D eigenvalue weighted by molar-refractivity contribution is 5.88. The van der Waals surface area contributed by atoms with Crippen LogP contribution in [-0.4, -0.2) is 15.3 Å². The van der Waals surface area contributed by atoms with Crippen molar-refractivity contribution < 1.29 is 0 Å². The Hall–Kier alpha value is -1.65. The van der Waals surface area contributed by atoms with Gasteiger partial charge in [0.2, 0.25) is 0 Å². The molecule has 0 spiro atoms. The van der Waals surface area contributed by atoms with Gasteiger partial charge in [-0.2, -0.15) is 0 Å². The van der Waals surface area contributed by atoms with Crippen LogP contribution in [0.15, 0.2) is 14.6 Å². The van der Waals surface area contributed by atoms with Gasteiger partial charge < -0.3 is 0 Å². The molecule has 1 aromatic heterocycles. The highest BCUT2D eigenvalue weighted by Gasteiger charge is 2.43. The number of aromatic amines is 1. The fourth-order valence-electron chi connectivity index (χ4n) is 3.21. The van der Waals surface area contributed by atoms with Gasteiger partial charge >= 0.3 is 5.69 Å². The molecule has 4 rings (SSSR count). The summed E-state index contributed by atoms with van der Waals surface area (Å²) in [5.74, 6) is 1.05. The molecule has 2 bridgehead atoms. The topological polar surface area (TPSA) is 67.2 Å². The van der Waals surface area contributed by atoms with E-state index in [1.165, 1.54) is 4.57 Å². The summed E-state index contributed by atoms with van der Waals surface area (Å²) < 4.78 is 1.44. The molecule has 18 heavy (non-hydrogen) atoms. The second-order valence-corrected chi connectivity index (χ2v) is 5.97. The largest absolute Gasteiger partial charge is 0.329 e. The van der Waals surface area contributed by atoms with Crippen molar-refractivity contribution in [2.75, 3.05) is 0 Å². The molecule has 0 saturated heterocycles. The van der Waals surface area contributed by atoms with Crippen LogP contribution in [0.4, 0.5) is 5.82 Å². The third-order valence-corrected chi connectivity index (χ3v) is 4.34. The number of rotatable bonds is 0. The van der Waals surface area contributed by atoms with Crippen LogP contribution in [0.25, 0.3) is 0 Å². The monoisotopic (exact) mass is 247 g/mol. The summed E-state index contributed by atoms with van der Waals surface area (Å²) in [6, 6.07) is 0. The van der Waals surface area contributed by atoms with E-state index in [1.807, 2.05) is 6.92 Å². The third-order valence-electron chi connectivity index (χ3n) is 4.34. The van der Waals surface area contributed by atoms with E-state index < -0.39 is 5.69 Å². The van der Waals surface area contributed by atoms with E-state index in [0.29, 0.717) is 23.7 Å². The standard InChI is InChI=1S/C13H17N3O2/c1-7-8-4-13(2,5-8)6-9-10(14-7)16(3)12(18)15-11(9)17/h8H,4-6H2,1-3H3,(H,15,17,18)/b14-7-. The first-order chi connectivity index (χ1) is 8.39. The van der Waals surface area contributed by atoms with Crippen molar-refractivity contribution in [3.8, 4) is 0 Å². The molecule has 1 aromatic rings. The van der Waals surface area contributed by atoms with E-state index in [-0.39, 0.29) is 11.0 Å². The van der Waals surface area contributed by atoms with Gasteiger partial charge in [-0.05, 0) is 37.5 Å². The fraction of sp³-hybridized carbons (Fsp3) is 0.615. The molecular formula is C13H17N3O2. The van der Waals surface area contributed by atoms with Gasteiger partial charge in [-0.25, -0.2) is 9.79 Å². The second-order valence-electron chi connectivity index (χ2n) is 5.97. The van der Waals surface area contributed by atoms with E-state index in [4.69, 9.17) is 0 Å². The maximum Gasteiger partial charge on any atom is 0.329 e. The quantitative estimate of drug-likeness (QED) is 0.747. The van der Waals surface area contributed by atoms with E-state index in [1.54, 1.807) is 7.05 Å². The highest BCUT2D eigenvalue weighted by Crippen LogP contribution is 2.50. The molecule has 3 aliphatic rings. The zero-order valence-corrected chi connectivity index (χ0v) is 10.9. The van der Waals surface area contributed by atoms with Crippen LogP contribution in [-0.2, 0) is 13.5 Å². The Morgan fingerprint density at radius 2 is 2.06 bits per heavy atom. The number of aromatic nitrogens is 2. The molecule has 0 aromatic carbocycles. The summed E-state index contributed by atoms with van der Waals surface area (Å²) in [5.41, 5.74) is 1.19. The first kappa shape index (κ1) is 11.4. The predicted molar refractivity (Wildman–Crippen MR) is 69.6 cm³/mol. The summed E-state index contributed by atoms with van der Waals surface area (Å²) >= 11 is 0. The van der Waals surface area contributed by atoms with Crippen molar-refractivity contribution in [1.29, 1.82) is 0 Å². The summed E-state index contributed by atoms with van der Waals surface area (Å²) in [4.78, 5) is 30.5. The summed E-state index contributed by atoms with van der Waals surface area (Å²) in [7, 11) is 1.66. The lowest BCUT2D eigenvalue weighted by Crippen LogP contribution is -2.43. The van der Waals surface area contributed by atoms with Crippen LogP contribution in [0.3, 0.4) is 0 Å². The number of nitrogens with one attached hydrogen (secondary N) is 1. The zero-order chi connectivity index (χ0) is 13.1. The molecule has 2 aliphatic heterocycles. The molecule has 96 valence electrons. The average molecular weight is 247 g/mol. The van der Waals surface area contributed by atoms with Gasteiger partial charge in [0.1, 0.15) is 5.82 Å². The Labute approximate surface area is 105 Å². The average Bonchev–Trinajstić information content (AvgIpc) is 2.25. The fourth-order valence-corrected chi connectivity index (χ4v) is 3.21. The summed E-state index contributed by atoms with van der Waals surface area (Å²) in [6.45, 7) is 4.20. The van der Waals surface area contributed by atoms with Crippen LogP contribution >= 0.6 is 0 Å². The molecule has 1 fully saturated rings. The molecule has 0 amide bonds. The van der Waals surface area contributed by atoms with E-state index in [2.05, 4.69) is 16.9 Å². The van der Waals surface area contributed by atoms with Crippen molar-refractivity contribution in [3.05, 3.63) is 26.4 Å². The molecule has 5 heteroatoms. The van der Waals surface area contributed by atoms with Gasteiger partial charge in [-0.3, -0.25) is 14.3 Å². The van der Waals surface area contributed by atoms with E-state index in [0.717, 1.165) is 18.6 Å². The number of aliphatic imine (C=N–C) groups is 1. The molecule has 3 heterocycles. The van der Waals surface area contributed by atoms with E-state index >= 15 is 0 Å². The van der Waals surface area contributed by atoms with Crippen molar-refractivity contribution in [3.63, 3.8) is 0 Å². The SMILES string of the molecule is C/C1=N/c2c(c(=O)[nH]c(=O)n2C)CC2(C)CC1C2. The first-order valence-electron chi connectivity index (χ1n) is 6.27. The predicted octanol–water partition coefficient (Wildman–Crippen LogP) is 1.14. The van der Waals surface area contributed by atoms with Gasteiger partial charge in [0, 0.05) is 12.8 Å². The summed E-state index contributed by atoms with van der Waals surface area (Å²) in [6.07, 6.45) is 2.88. The van der Waals surface area contributed by atoms with Crippen LogP contribution in [0.2, 0.25) is 0 Å². The first-order valence-corrected chi connectivity index (χ1v) is 6.27. The van der Waals surface area contributed by atoms with Gasteiger partial charge in [0.05, 0.1) is 5.56 Å². The number of H-pyrrole nitrogens is 1. The van der Waals surface area contributed by atoms with Crippen LogP contribution in [0.1, 0.15) is 32.3 Å². The summed E-state index contributed by atoms with van der Waals surface area (Å²) in [5, 5.41) is 0. The van der Waals surface area contributed by atoms with Gasteiger partial charge in [-0.15, -0.1) is 0 Å². The van der Waals surface area contributed by atoms with E-state index in [9.17, 15) is 9.59 Å². The van der Waals surface area contributed by atoms with Crippen LogP contribution in [0.5, 0.6) is 0 Å². The van der Waals surface area contributed by atoms with Gasteiger partial charge in [-0.1, -0.05) is 6.92 Å². The molecular weight excluding hydrogens is 230 g/mol.